The quantitative estimate of drug-likeness (QED) is 0.221. The molecule has 0 rings (SSSR count). The summed E-state index contributed by atoms with van der Waals surface area (Å²) in [4.78, 5) is 2.74. The third-order valence-electron chi connectivity index (χ3n) is 3.98. The van der Waals surface area contributed by atoms with E-state index in [1.54, 1.807) is 0 Å². The summed E-state index contributed by atoms with van der Waals surface area (Å²) in [5.41, 5.74) is 0. The molecule has 0 fully saturated rings. The van der Waals surface area contributed by atoms with Gasteiger partial charge in [0.25, 0.3) is 0 Å². The third kappa shape index (κ3) is 16.7. The molecular weight excluding hydrogens is 357 g/mol. The Kier molecular flexibility index (Phi) is 22.6. The Morgan fingerprint density at radius 3 is 1.00 bits per heavy atom. The van der Waals surface area contributed by atoms with Gasteiger partial charge in [-0.2, -0.15) is 0 Å². The predicted molar refractivity (Wildman–Crippen MR) is 104 cm³/mol. The van der Waals surface area contributed by atoms with E-state index in [9.17, 15) is 0 Å². The zero-order valence-corrected chi connectivity index (χ0v) is 16.8. The third-order valence-corrected chi connectivity index (χ3v) is 3.98. The van der Waals surface area contributed by atoms with Gasteiger partial charge in [0.2, 0.25) is 0 Å². The fourth-order valence-electron chi connectivity index (χ4n) is 2.62. The molecule has 0 bridgehead atoms. The highest BCUT2D eigenvalue weighted by molar-refractivity contribution is 14.0. The topological polar surface area (TPSA) is 3.24 Å². The summed E-state index contributed by atoms with van der Waals surface area (Å²) in [5.74, 6) is 0. The molecule has 0 spiro atoms. The predicted octanol–water partition coefficient (Wildman–Crippen LogP) is 6.65. The molecule has 20 heavy (non-hydrogen) atoms. The van der Waals surface area contributed by atoms with Crippen LogP contribution in [0.4, 0.5) is 0 Å². The van der Waals surface area contributed by atoms with Crippen molar-refractivity contribution < 1.29 is 0 Å². The van der Waals surface area contributed by atoms with Crippen molar-refractivity contribution in [1.29, 1.82) is 0 Å². The lowest BCUT2D eigenvalue weighted by Gasteiger charge is -2.22. The van der Waals surface area contributed by atoms with Crippen LogP contribution in [-0.2, 0) is 0 Å². The molecule has 0 aromatic heterocycles. The van der Waals surface area contributed by atoms with Crippen molar-refractivity contribution in [2.24, 2.45) is 0 Å². The number of unbranched alkanes of at least 4 members (excludes halogenated alkanes) is 9. The maximum absolute atomic E-state index is 2.74. The molecule has 0 aliphatic carbocycles. The fraction of sp³-hybridized carbons (Fsp3) is 1.00. The first kappa shape index (κ1) is 23.0. The highest BCUT2D eigenvalue weighted by Gasteiger charge is 2.04. The zero-order chi connectivity index (χ0) is 14.2. The first-order valence-corrected chi connectivity index (χ1v) is 9.07. The van der Waals surface area contributed by atoms with Crippen molar-refractivity contribution in [2.75, 3.05) is 19.6 Å². The van der Waals surface area contributed by atoms with Gasteiger partial charge in [0, 0.05) is 0 Å². The highest BCUT2D eigenvalue weighted by Crippen LogP contribution is 2.08. The molecule has 0 amide bonds. The smallest absolute Gasteiger partial charge is 0.00187 e. The maximum atomic E-state index is 2.74. The molecule has 0 N–H and O–H groups in total. The van der Waals surface area contributed by atoms with Crippen molar-refractivity contribution in [3.05, 3.63) is 0 Å². The summed E-state index contributed by atoms with van der Waals surface area (Å²) in [7, 11) is 0. The van der Waals surface area contributed by atoms with Crippen LogP contribution in [0.1, 0.15) is 97.8 Å². The van der Waals surface area contributed by atoms with E-state index in [0.29, 0.717) is 0 Å². The van der Waals surface area contributed by atoms with Crippen molar-refractivity contribution in [2.45, 2.75) is 97.8 Å². The van der Waals surface area contributed by atoms with Gasteiger partial charge < -0.3 is 4.90 Å². The highest BCUT2D eigenvalue weighted by atomic mass is 127. The van der Waals surface area contributed by atoms with Crippen molar-refractivity contribution in [1.82, 2.24) is 4.90 Å². The Labute approximate surface area is 146 Å². The lowest BCUT2D eigenvalue weighted by atomic mass is 10.1. The van der Waals surface area contributed by atoms with E-state index in [4.69, 9.17) is 0 Å². The molecule has 2 heteroatoms. The molecule has 1 nitrogen and oxygen atoms in total. The first-order valence-electron chi connectivity index (χ1n) is 9.07. The summed E-state index contributed by atoms with van der Waals surface area (Å²) in [6.07, 6.45) is 16.8. The van der Waals surface area contributed by atoms with Crippen LogP contribution in [0, 0.1) is 0 Å². The molecule has 0 radical (unpaired) electrons. The minimum Gasteiger partial charge on any atom is -0.303 e. The lowest BCUT2D eigenvalue weighted by Crippen LogP contribution is -2.27. The van der Waals surface area contributed by atoms with Crippen LogP contribution in [0.15, 0.2) is 0 Å². The van der Waals surface area contributed by atoms with E-state index in [2.05, 4.69) is 25.7 Å². The molecule has 0 aliphatic rings. The second-order valence-corrected chi connectivity index (χ2v) is 6.02. The Balaban J connectivity index is 0. The van der Waals surface area contributed by atoms with Gasteiger partial charge in [-0.1, -0.05) is 78.6 Å². The summed E-state index contributed by atoms with van der Waals surface area (Å²) in [6, 6.07) is 0. The molecule has 0 aliphatic heterocycles. The molecule has 0 saturated heterocycles. The van der Waals surface area contributed by atoms with Crippen molar-refractivity contribution in [3.63, 3.8) is 0 Å². The fourth-order valence-corrected chi connectivity index (χ4v) is 2.62. The normalized spacial score (nSPS) is 10.8. The van der Waals surface area contributed by atoms with Gasteiger partial charge in [0.1, 0.15) is 0 Å². The summed E-state index contributed by atoms with van der Waals surface area (Å²) >= 11 is 0. The zero-order valence-electron chi connectivity index (χ0n) is 14.5. The number of hydrogen-bond donors (Lipinski definition) is 0. The van der Waals surface area contributed by atoms with Crippen LogP contribution in [0.3, 0.4) is 0 Å². The van der Waals surface area contributed by atoms with Gasteiger partial charge in [0.15, 0.2) is 0 Å². The monoisotopic (exact) mass is 397 g/mol. The van der Waals surface area contributed by atoms with E-state index < -0.39 is 0 Å². The van der Waals surface area contributed by atoms with E-state index in [1.165, 1.54) is 96.7 Å². The molecule has 0 aromatic carbocycles. The average Bonchev–Trinajstić information content (AvgIpc) is 2.43. The molecule has 0 atom stereocenters. The van der Waals surface area contributed by atoms with E-state index in [0.717, 1.165) is 0 Å². The maximum Gasteiger partial charge on any atom is -0.00187 e. The average molecular weight is 397 g/mol. The molecular formula is C18H40IN. The van der Waals surface area contributed by atoms with Crippen molar-refractivity contribution >= 4 is 24.0 Å². The van der Waals surface area contributed by atoms with E-state index in [-0.39, 0.29) is 24.0 Å². The van der Waals surface area contributed by atoms with Gasteiger partial charge in [-0.15, -0.1) is 24.0 Å². The van der Waals surface area contributed by atoms with Crippen LogP contribution in [0.5, 0.6) is 0 Å². The summed E-state index contributed by atoms with van der Waals surface area (Å²) < 4.78 is 0. The Morgan fingerprint density at radius 1 is 0.450 bits per heavy atom. The molecule has 0 heterocycles. The lowest BCUT2D eigenvalue weighted by molar-refractivity contribution is 0.255. The van der Waals surface area contributed by atoms with E-state index >= 15 is 0 Å². The minimum absolute atomic E-state index is 0. The second-order valence-electron chi connectivity index (χ2n) is 6.02. The molecule has 0 saturated carbocycles. The summed E-state index contributed by atoms with van der Waals surface area (Å²) in [6.45, 7) is 10.9. The molecule has 124 valence electrons. The summed E-state index contributed by atoms with van der Waals surface area (Å²) in [5, 5.41) is 0. The SMILES string of the molecule is CCCCCCN(CCCCCC)CCCCCC.I. The second kappa shape index (κ2) is 19.7. The first-order chi connectivity index (χ1) is 9.35. The molecule has 0 unspecified atom stereocenters. The van der Waals surface area contributed by atoms with Gasteiger partial charge in [-0.25, -0.2) is 0 Å². The van der Waals surface area contributed by atoms with E-state index in [1.807, 2.05) is 0 Å². The largest absolute Gasteiger partial charge is 0.303 e. The number of hydrogen-bond acceptors (Lipinski definition) is 1. The Morgan fingerprint density at radius 2 is 0.750 bits per heavy atom. The standard InChI is InChI=1S/C18H39N.HI/c1-4-7-10-13-16-19(17-14-11-8-5-2)18-15-12-9-6-3;/h4-18H2,1-3H3;1H. The Hall–Kier alpha value is 0.690. The van der Waals surface area contributed by atoms with Crippen LogP contribution >= 0.6 is 24.0 Å². The van der Waals surface area contributed by atoms with Gasteiger partial charge in [-0.05, 0) is 38.9 Å². The number of nitrogens with zero attached hydrogens (tertiary/aromatic N) is 1. The number of rotatable bonds is 15. The van der Waals surface area contributed by atoms with Crippen LogP contribution < -0.4 is 0 Å². The Bertz CT molecular complexity index is 133. The van der Waals surface area contributed by atoms with Crippen molar-refractivity contribution in [3.8, 4) is 0 Å². The molecule has 0 aromatic rings. The van der Waals surface area contributed by atoms with Crippen LogP contribution in [0.25, 0.3) is 0 Å². The van der Waals surface area contributed by atoms with Gasteiger partial charge >= 0.3 is 0 Å². The van der Waals surface area contributed by atoms with Gasteiger partial charge in [0.05, 0.1) is 0 Å². The van der Waals surface area contributed by atoms with Gasteiger partial charge in [-0.3, -0.25) is 0 Å². The number of halogens is 1. The minimum atomic E-state index is 0. The van der Waals surface area contributed by atoms with Crippen LogP contribution in [0.2, 0.25) is 0 Å². The van der Waals surface area contributed by atoms with Crippen LogP contribution in [-0.4, -0.2) is 24.5 Å².